The number of aliphatic hydroxyl groups is 1. The van der Waals surface area contributed by atoms with Crippen molar-refractivity contribution in [2.45, 2.75) is 0 Å². The van der Waals surface area contributed by atoms with Crippen molar-refractivity contribution in [3.8, 4) is 5.75 Å². The Morgan fingerprint density at radius 3 is 2.28 bits per heavy atom. The van der Waals surface area contributed by atoms with Gasteiger partial charge in [0.25, 0.3) is 5.09 Å². The van der Waals surface area contributed by atoms with Gasteiger partial charge in [-0.3, -0.25) is 0 Å². The van der Waals surface area contributed by atoms with Gasteiger partial charge in [0.05, 0.1) is 12.3 Å². The summed E-state index contributed by atoms with van der Waals surface area (Å²) >= 11 is 0. The molecule has 0 fully saturated rings. The zero-order valence-corrected chi connectivity index (χ0v) is 9.39. The van der Waals surface area contributed by atoms with Crippen molar-refractivity contribution in [1.82, 2.24) is 0 Å². The van der Waals surface area contributed by atoms with E-state index in [1.54, 1.807) is 24.3 Å². The van der Waals surface area contributed by atoms with E-state index in [4.69, 9.17) is 36.6 Å². The topological polar surface area (TPSA) is 157 Å². The lowest BCUT2D eigenvalue weighted by molar-refractivity contribution is -0.742. The fraction of sp³-hybridized carbons (Fsp3) is 0.222. The fourth-order valence-electron chi connectivity index (χ4n) is 0.929. The average Bonchev–Trinajstić information content (AvgIpc) is 2.27. The summed E-state index contributed by atoms with van der Waals surface area (Å²) in [6, 6.07) is 6.92. The van der Waals surface area contributed by atoms with Crippen molar-refractivity contribution in [3.63, 3.8) is 0 Å². The second-order valence-electron chi connectivity index (χ2n) is 2.84. The zero-order chi connectivity index (χ0) is 14.0. The van der Waals surface area contributed by atoms with E-state index in [1.807, 2.05) is 0 Å². The average molecular weight is 258 g/mol. The number of aliphatic imine (C=N–C) groups is 1. The quantitative estimate of drug-likeness (QED) is 0.248. The van der Waals surface area contributed by atoms with Crippen molar-refractivity contribution >= 4 is 11.6 Å². The van der Waals surface area contributed by atoms with Crippen LogP contribution in [0.4, 0.5) is 5.69 Å². The van der Waals surface area contributed by atoms with Gasteiger partial charge in [0.1, 0.15) is 12.4 Å². The van der Waals surface area contributed by atoms with Crippen molar-refractivity contribution < 1.29 is 20.1 Å². The predicted molar refractivity (Wildman–Crippen MR) is 63.3 cm³/mol. The molecular weight excluding hydrogens is 244 g/mol. The largest absolute Gasteiger partial charge is 0.491 e. The maximum absolute atomic E-state index is 8.52. The Morgan fingerprint density at radius 1 is 1.39 bits per heavy atom. The van der Waals surface area contributed by atoms with Crippen LogP contribution >= 0.6 is 0 Å². The van der Waals surface area contributed by atoms with E-state index in [2.05, 4.69) is 4.99 Å². The Kier molecular flexibility index (Phi) is 7.37. The van der Waals surface area contributed by atoms with Crippen LogP contribution in [0.15, 0.2) is 29.3 Å². The summed E-state index contributed by atoms with van der Waals surface area (Å²) in [4.78, 5) is 12.2. The number of nitrogens with two attached hydrogens (primary N) is 2. The van der Waals surface area contributed by atoms with Crippen LogP contribution in [0.5, 0.6) is 5.75 Å². The first kappa shape index (κ1) is 15.4. The van der Waals surface area contributed by atoms with Crippen LogP contribution in [-0.4, -0.2) is 34.6 Å². The molecule has 18 heavy (non-hydrogen) atoms. The van der Waals surface area contributed by atoms with Gasteiger partial charge in [-0.15, -0.1) is 10.1 Å². The molecule has 0 aromatic heterocycles. The number of guanidine groups is 1. The molecule has 0 aliphatic rings. The molecule has 1 aromatic rings. The van der Waals surface area contributed by atoms with Crippen LogP contribution < -0.4 is 16.2 Å². The van der Waals surface area contributed by atoms with Gasteiger partial charge in [0.2, 0.25) is 0 Å². The van der Waals surface area contributed by atoms with Crippen LogP contribution in [0.2, 0.25) is 0 Å². The molecule has 6 N–H and O–H groups in total. The molecular formula is C9H14N4O5. The van der Waals surface area contributed by atoms with Crippen LogP contribution in [-0.2, 0) is 0 Å². The Hall–Kier alpha value is -2.55. The molecule has 0 bridgehead atoms. The van der Waals surface area contributed by atoms with Gasteiger partial charge in [-0.2, -0.15) is 0 Å². The summed E-state index contributed by atoms with van der Waals surface area (Å²) in [5, 5.41) is 22.2. The van der Waals surface area contributed by atoms with Crippen LogP contribution in [0.3, 0.4) is 0 Å². The number of hydrogen-bond acceptors (Lipinski definition) is 5. The number of hydrogen-bond donors (Lipinski definition) is 4. The van der Waals surface area contributed by atoms with Gasteiger partial charge < -0.3 is 26.5 Å². The highest BCUT2D eigenvalue weighted by molar-refractivity contribution is 5.78. The lowest BCUT2D eigenvalue weighted by atomic mass is 10.3. The molecule has 0 saturated carbocycles. The smallest absolute Gasteiger partial charge is 0.291 e. The number of benzene rings is 1. The van der Waals surface area contributed by atoms with Gasteiger partial charge in [-0.25, -0.2) is 4.99 Å². The second kappa shape index (κ2) is 8.58. The lowest BCUT2D eigenvalue weighted by Crippen LogP contribution is -2.21. The molecule has 1 aromatic carbocycles. The van der Waals surface area contributed by atoms with E-state index in [1.165, 1.54) is 0 Å². The Bertz CT molecular complexity index is 384. The first-order valence-electron chi connectivity index (χ1n) is 4.72. The van der Waals surface area contributed by atoms with Gasteiger partial charge in [-0.1, -0.05) is 0 Å². The van der Waals surface area contributed by atoms with Gasteiger partial charge in [-0.05, 0) is 24.3 Å². The SMILES string of the molecule is NC(N)=Nc1ccc(OCCO)cc1.O=[N+]([O-])O. The van der Waals surface area contributed by atoms with Crippen molar-refractivity contribution in [2.24, 2.45) is 16.5 Å². The monoisotopic (exact) mass is 258 g/mol. The number of ether oxygens (including phenoxy) is 1. The highest BCUT2D eigenvalue weighted by Gasteiger charge is 1.93. The molecule has 0 aliphatic heterocycles. The predicted octanol–water partition coefficient (Wildman–Crippen LogP) is -0.385. The van der Waals surface area contributed by atoms with Gasteiger partial charge >= 0.3 is 0 Å². The first-order valence-corrected chi connectivity index (χ1v) is 4.72. The van der Waals surface area contributed by atoms with Crippen LogP contribution in [0.25, 0.3) is 0 Å². The molecule has 0 spiro atoms. The molecule has 0 saturated heterocycles. The van der Waals surface area contributed by atoms with E-state index < -0.39 is 5.09 Å². The standard InChI is InChI=1S/C9H13N3O2.HNO3/c10-9(11)12-7-1-3-8(4-2-7)14-6-5-13;2-1(3)4/h1-4,13H,5-6H2,(H4,10,11,12);(H,2,3,4). The van der Waals surface area contributed by atoms with Crippen molar-refractivity contribution in [1.29, 1.82) is 0 Å². The van der Waals surface area contributed by atoms with Crippen molar-refractivity contribution in [3.05, 3.63) is 34.4 Å². The lowest BCUT2D eigenvalue weighted by Gasteiger charge is -2.03. The number of nitrogens with zero attached hydrogens (tertiary/aromatic N) is 2. The van der Waals surface area contributed by atoms with E-state index in [0.29, 0.717) is 11.4 Å². The fourth-order valence-corrected chi connectivity index (χ4v) is 0.929. The molecule has 9 nitrogen and oxygen atoms in total. The minimum Gasteiger partial charge on any atom is -0.491 e. The third-order valence-corrected chi connectivity index (χ3v) is 1.45. The van der Waals surface area contributed by atoms with Gasteiger partial charge in [0.15, 0.2) is 5.96 Å². The first-order chi connectivity index (χ1) is 8.45. The molecule has 0 amide bonds. The normalized spacial score (nSPS) is 8.72. The molecule has 1 rings (SSSR count). The maximum atomic E-state index is 8.52. The molecule has 0 unspecified atom stereocenters. The summed E-state index contributed by atoms with van der Waals surface area (Å²) in [6.45, 7) is 0.275. The van der Waals surface area contributed by atoms with Crippen LogP contribution in [0, 0.1) is 10.1 Å². The van der Waals surface area contributed by atoms with E-state index in [-0.39, 0.29) is 19.2 Å². The molecule has 0 heterocycles. The molecule has 9 heteroatoms. The Balaban J connectivity index is 0.000000631. The Labute approximate surface area is 102 Å². The van der Waals surface area contributed by atoms with Crippen molar-refractivity contribution in [2.75, 3.05) is 13.2 Å². The summed E-state index contributed by atoms with van der Waals surface area (Å²) in [5.41, 5.74) is 11.1. The molecule has 0 atom stereocenters. The summed E-state index contributed by atoms with van der Waals surface area (Å²) in [6.07, 6.45) is 0. The third kappa shape index (κ3) is 8.73. The van der Waals surface area contributed by atoms with E-state index in [9.17, 15) is 0 Å². The highest BCUT2D eigenvalue weighted by Crippen LogP contribution is 2.17. The third-order valence-electron chi connectivity index (χ3n) is 1.45. The van der Waals surface area contributed by atoms with Crippen LogP contribution in [0.1, 0.15) is 0 Å². The molecule has 100 valence electrons. The summed E-state index contributed by atoms with van der Waals surface area (Å²) in [5.74, 6) is 0.697. The second-order valence-corrected chi connectivity index (χ2v) is 2.84. The summed E-state index contributed by atoms with van der Waals surface area (Å²) in [7, 11) is 0. The summed E-state index contributed by atoms with van der Waals surface area (Å²) < 4.78 is 5.15. The molecule has 0 aliphatic carbocycles. The van der Waals surface area contributed by atoms with E-state index >= 15 is 0 Å². The number of aliphatic hydroxyl groups excluding tert-OH is 1. The van der Waals surface area contributed by atoms with E-state index in [0.717, 1.165) is 0 Å². The Morgan fingerprint density at radius 2 is 1.89 bits per heavy atom. The molecule has 0 radical (unpaired) electrons. The minimum atomic E-state index is -1.50. The highest BCUT2D eigenvalue weighted by atomic mass is 16.9. The maximum Gasteiger partial charge on any atom is 0.291 e. The number of rotatable bonds is 4. The van der Waals surface area contributed by atoms with Gasteiger partial charge in [0, 0.05) is 0 Å². The zero-order valence-electron chi connectivity index (χ0n) is 9.39. The minimum absolute atomic E-state index is 0.00431.